The molecule has 6 heteroatoms. The standard InChI is InChI=1S/C27H52O6/c1-16(2)21-11-9-18(5)13-23(21)32-27(25(30)20(7)29,26(8,31)15-28)33-24-14-19(6)10-12-22(24)17(3)4/h16-25,28-31H,9-15H2,1-8H3. The van der Waals surface area contributed by atoms with Crippen LogP contribution in [-0.2, 0) is 9.47 Å². The van der Waals surface area contributed by atoms with E-state index in [1.807, 2.05) is 0 Å². The Balaban J connectivity index is 2.55. The van der Waals surface area contributed by atoms with Gasteiger partial charge in [-0.1, -0.05) is 54.4 Å². The fraction of sp³-hybridized carbons (Fsp3) is 1.00. The van der Waals surface area contributed by atoms with Gasteiger partial charge in [0.2, 0.25) is 5.79 Å². The van der Waals surface area contributed by atoms with Gasteiger partial charge in [0.15, 0.2) is 0 Å². The Morgan fingerprint density at radius 3 is 1.48 bits per heavy atom. The quantitative estimate of drug-likeness (QED) is 0.357. The van der Waals surface area contributed by atoms with Crippen LogP contribution in [0.4, 0.5) is 0 Å². The van der Waals surface area contributed by atoms with E-state index in [4.69, 9.17) is 9.47 Å². The minimum absolute atomic E-state index is 0.242. The second-order valence-electron chi connectivity index (χ2n) is 12.2. The van der Waals surface area contributed by atoms with Crippen LogP contribution in [0.3, 0.4) is 0 Å². The van der Waals surface area contributed by atoms with E-state index in [0.29, 0.717) is 23.7 Å². The van der Waals surface area contributed by atoms with Crippen molar-refractivity contribution in [2.75, 3.05) is 6.61 Å². The van der Waals surface area contributed by atoms with Crippen LogP contribution >= 0.6 is 0 Å². The highest BCUT2D eigenvalue weighted by Crippen LogP contribution is 2.45. The number of aliphatic hydroxyl groups is 4. The fourth-order valence-electron chi connectivity index (χ4n) is 6.12. The largest absolute Gasteiger partial charge is 0.393 e. The molecule has 0 spiro atoms. The molecular weight excluding hydrogens is 420 g/mol. The lowest BCUT2D eigenvalue weighted by Crippen LogP contribution is -2.70. The van der Waals surface area contributed by atoms with Gasteiger partial charge in [0, 0.05) is 0 Å². The average Bonchev–Trinajstić information content (AvgIpc) is 2.72. The molecule has 0 aromatic carbocycles. The maximum absolute atomic E-state index is 11.5. The van der Waals surface area contributed by atoms with Crippen LogP contribution in [0, 0.1) is 35.5 Å². The molecule has 0 heterocycles. The predicted molar refractivity (Wildman–Crippen MR) is 131 cm³/mol. The Morgan fingerprint density at radius 2 is 1.18 bits per heavy atom. The molecular formula is C27H52O6. The molecule has 2 aliphatic rings. The van der Waals surface area contributed by atoms with E-state index < -0.39 is 30.2 Å². The fourth-order valence-corrected chi connectivity index (χ4v) is 6.12. The minimum atomic E-state index is -1.94. The summed E-state index contributed by atoms with van der Waals surface area (Å²) in [5, 5.41) is 43.7. The molecule has 196 valence electrons. The molecule has 9 atom stereocenters. The van der Waals surface area contributed by atoms with E-state index in [2.05, 4.69) is 41.5 Å². The topological polar surface area (TPSA) is 99.4 Å². The minimum Gasteiger partial charge on any atom is -0.393 e. The SMILES string of the molecule is CC1CCC(C(C)C)C(OC(OC2CC(C)CCC2C(C)C)(C(O)C(C)O)C(C)(O)CO)C1. The second-order valence-corrected chi connectivity index (χ2v) is 12.2. The number of rotatable bonds is 10. The van der Waals surface area contributed by atoms with E-state index in [1.54, 1.807) is 0 Å². The molecule has 2 aliphatic carbocycles. The molecule has 4 N–H and O–H groups in total. The van der Waals surface area contributed by atoms with Crippen LogP contribution in [0.1, 0.15) is 93.9 Å². The van der Waals surface area contributed by atoms with E-state index in [1.165, 1.54) is 13.8 Å². The molecule has 0 aromatic heterocycles. The molecule has 2 saturated carbocycles. The molecule has 0 radical (unpaired) electrons. The number of hydrogen-bond acceptors (Lipinski definition) is 6. The molecule has 2 rings (SSSR count). The summed E-state index contributed by atoms with van der Waals surface area (Å²) >= 11 is 0. The van der Waals surface area contributed by atoms with E-state index in [9.17, 15) is 20.4 Å². The molecule has 0 aromatic rings. The third-order valence-electron chi connectivity index (χ3n) is 8.48. The molecule has 2 fully saturated rings. The Hall–Kier alpha value is -0.240. The first kappa shape index (κ1) is 29.0. The first-order valence-electron chi connectivity index (χ1n) is 13.3. The van der Waals surface area contributed by atoms with Crippen molar-refractivity contribution >= 4 is 0 Å². The van der Waals surface area contributed by atoms with E-state index in [-0.39, 0.29) is 24.0 Å². The van der Waals surface area contributed by atoms with Gasteiger partial charge in [-0.25, -0.2) is 0 Å². The monoisotopic (exact) mass is 472 g/mol. The Kier molecular flexibility index (Phi) is 10.2. The first-order valence-corrected chi connectivity index (χ1v) is 13.3. The normalized spacial score (nSPS) is 36.9. The molecule has 0 amide bonds. The molecule has 6 nitrogen and oxygen atoms in total. The zero-order valence-electron chi connectivity index (χ0n) is 22.3. The summed E-state index contributed by atoms with van der Waals surface area (Å²) < 4.78 is 13.5. The smallest absolute Gasteiger partial charge is 0.229 e. The van der Waals surface area contributed by atoms with Crippen molar-refractivity contribution in [3.8, 4) is 0 Å². The van der Waals surface area contributed by atoms with Gasteiger partial charge in [-0.2, -0.15) is 0 Å². The summed E-state index contributed by atoms with van der Waals surface area (Å²) in [6, 6.07) is 0. The lowest BCUT2D eigenvalue weighted by Gasteiger charge is -2.54. The van der Waals surface area contributed by atoms with Gasteiger partial charge in [-0.05, 0) is 75.0 Å². The van der Waals surface area contributed by atoms with E-state index >= 15 is 0 Å². The second kappa shape index (κ2) is 11.7. The van der Waals surface area contributed by atoms with E-state index in [0.717, 1.165) is 38.5 Å². The van der Waals surface area contributed by atoms with Crippen LogP contribution in [0.15, 0.2) is 0 Å². The summed E-state index contributed by atoms with van der Waals surface area (Å²) in [5.41, 5.74) is -1.91. The van der Waals surface area contributed by atoms with Crippen LogP contribution in [0.2, 0.25) is 0 Å². The van der Waals surface area contributed by atoms with Gasteiger partial charge in [-0.15, -0.1) is 0 Å². The maximum atomic E-state index is 11.5. The Morgan fingerprint density at radius 1 is 0.788 bits per heavy atom. The Labute approximate surface area is 202 Å². The summed E-state index contributed by atoms with van der Waals surface area (Å²) in [7, 11) is 0. The first-order chi connectivity index (χ1) is 15.3. The summed E-state index contributed by atoms with van der Waals surface area (Å²) in [5.74, 6) is 0.158. The number of aliphatic hydroxyl groups excluding tert-OH is 3. The van der Waals surface area contributed by atoms with Crippen molar-refractivity contribution in [1.82, 2.24) is 0 Å². The molecule has 0 saturated heterocycles. The number of ether oxygens (including phenoxy) is 2. The summed E-state index contributed by atoms with van der Waals surface area (Å²) in [4.78, 5) is 0. The van der Waals surface area contributed by atoms with Gasteiger partial charge in [0.05, 0.1) is 24.9 Å². The maximum Gasteiger partial charge on any atom is 0.229 e. The van der Waals surface area contributed by atoms with Gasteiger partial charge >= 0.3 is 0 Å². The van der Waals surface area contributed by atoms with Gasteiger partial charge in [0.25, 0.3) is 0 Å². The summed E-state index contributed by atoms with van der Waals surface area (Å²) in [6.45, 7) is 15.4. The van der Waals surface area contributed by atoms with Crippen LogP contribution in [0.5, 0.6) is 0 Å². The zero-order chi connectivity index (χ0) is 25.1. The average molecular weight is 473 g/mol. The van der Waals surface area contributed by atoms with Gasteiger partial charge in [0.1, 0.15) is 11.7 Å². The van der Waals surface area contributed by atoms with Gasteiger partial charge in [-0.3, -0.25) is 0 Å². The third-order valence-corrected chi connectivity index (χ3v) is 8.48. The van der Waals surface area contributed by atoms with Crippen LogP contribution in [-0.4, -0.2) is 62.8 Å². The van der Waals surface area contributed by atoms with Crippen molar-refractivity contribution in [3.63, 3.8) is 0 Å². The van der Waals surface area contributed by atoms with Crippen LogP contribution in [0.25, 0.3) is 0 Å². The van der Waals surface area contributed by atoms with Crippen molar-refractivity contribution in [2.45, 2.75) is 130 Å². The lowest BCUT2D eigenvalue weighted by atomic mass is 9.74. The molecule has 0 aliphatic heterocycles. The number of hydrogen-bond donors (Lipinski definition) is 4. The molecule has 9 unspecified atom stereocenters. The highest BCUT2D eigenvalue weighted by Gasteiger charge is 2.60. The highest BCUT2D eigenvalue weighted by atomic mass is 16.7. The highest BCUT2D eigenvalue weighted by molar-refractivity contribution is 5.02. The molecule has 33 heavy (non-hydrogen) atoms. The zero-order valence-corrected chi connectivity index (χ0v) is 22.3. The lowest BCUT2D eigenvalue weighted by molar-refractivity contribution is -0.402. The Bertz CT molecular complexity index is 555. The van der Waals surface area contributed by atoms with Crippen molar-refractivity contribution in [1.29, 1.82) is 0 Å². The van der Waals surface area contributed by atoms with Crippen molar-refractivity contribution < 1.29 is 29.9 Å². The third kappa shape index (κ3) is 6.50. The van der Waals surface area contributed by atoms with Gasteiger partial charge < -0.3 is 29.9 Å². The van der Waals surface area contributed by atoms with Crippen molar-refractivity contribution in [3.05, 3.63) is 0 Å². The van der Waals surface area contributed by atoms with Crippen molar-refractivity contribution in [2.24, 2.45) is 35.5 Å². The predicted octanol–water partition coefficient (Wildman–Crippen LogP) is 4.12. The van der Waals surface area contributed by atoms with Crippen LogP contribution < -0.4 is 0 Å². The summed E-state index contributed by atoms with van der Waals surface area (Å²) in [6.07, 6.45) is 2.57. The molecule has 0 bridgehead atoms.